The van der Waals surface area contributed by atoms with Crippen LogP contribution in [0, 0.1) is 0 Å². The molecule has 9 rings (SSSR count). The summed E-state index contributed by atoms with van der Waals surface area (Å²) >= 11 is 0. The lowest BCUT2D eigenvalue weighted by Gasteiger charge is -2.09. The molecule has 3 heterocycles. The molecule has 5 heteroatoms. The van der Waals surface area contributed by atoms with Gasteiger partial charge in [0.05, 0.1) is 23.6 Å². The van der Waals surface area contributed by atoms with Crippen LogP contribution in [0.1, 0.15) is 6.85 Å². The van der Waals surface area contributed by atoms with Crippen LogP contribution in [0.15, 0.2) is 150 Å². The van der Waals surface area contributed by atoms with Gasteiger partial charge in [0.2, 0.25) is 0 Å². The van der Waals surface area contributed by atoms with Crippen molar-refractivity contribution in [3.05, 3.63) is 145 Å². The van der Waals surface area contributed by atoms with Crippen LogP contribution in [0.4, 0.5) is 0 Å². The molecule has 0 spiro atoms. The summed E-state index contributed by atoms with van der Waals surface area (Å²) in [5.41, 5.74) is 5.59. The molecule has 6 aromatic carbocycles. The summed E-state index contributed by atoms with van der Waals surface area (Å²) in [5.74, 6) is 0.575. The van der Waals surface area contributed by atoms with Crippen molar-refractivity contribution < 1.29 is 11.3 Å². The zero-order valence-electron chi connectivity index (χ0n) is 28.2. The van der Waals surface area contributed by atoms with E-state index in [0.717, 1.165) is 38.3 Å². The molecule has 44 heavy (non-hydrogen) atoms. The van der Waals surface area contributed by atoms with Gasteiger partial charge in [0, 0.05) is 38.2 Å². The predicted molar refractivity (Wildman–Crippen MR) is 178 cm³/mol. The van der Waals surface area contributed by atoms with Crippen LogP contribution < -0.4 is 0 Å². The maximum absolute atomic E-state index is 8.65. The molecule has 5 nitrogen and oxygen atoms in total. The van der Waals surface area contributed by atoms with Crippen molar-refractivity contribution in [1.29, 1.82) is 0 Å². The average Bonchev–Trinajstić information content (AvgIpc) is 3.70. The minimum absolute atomic E-state index is 0.0170. The zero-order chi connectivity index (χ0) is 33.4. The molecule has 0 N–H and O–H groups in total. The van der Waals surface area contributed by atoms with Crippen LogP contribution in [0.25, 0.3) is 83.6 Å². The van der Waals surface area contributed by atoms with Crippen molar-refractivity contribution in [2.45, 2.75) is 0 Å². The second-order valence-corrected chi connectivity index (χ2v) is 10.5. The molecule has 0 saturated carbocycles. The van der Waals surface area contributed by atoms with Crippen molar-refractivity contribution in [3.8, 4) is 39.9 Å². The van der Waals surface area contributed by atoms with E-state index in [-0.39, 0.29) is 29.3 Å². The van der Waals surface area contributed by atoms with Gasteiger partial charge in [-0.05, 0) is 24.3 Å². The molecule has 0 unspecified atom stereocenters. The molecule has 0 atom stereocenters. The summed E-state index contributed by atoms with van der Waals surface area (Å²) in [6.07, 6.45) is 0. The number of furan rings is 1. The maximum Gasteiger partial charge on any atom is 0.164 e. The van der Waals surface area contributed by atoms with E-state index < -0.39 is 18.1 Å². The summed E-state index contributed by atoms with van der Waals surface area (Å²) in [4.78, 5) is 14.3. The summed E-state index contributed by atoms with van der Waals surface area (Å²) in [7, 11) is 0. The first-order valence-corrected chi connectivity index (χ1v) is 14.2. The molecule has 0 aliphatic heterocycles. The highest BCUT2D eigenvalue weighted by atomic mass is 16.3. The minimum atomic E-state index is -0.481. The van der Waals surface area contributed by atoms with Crippen LogP contribution in [-0.4, -0.2) is 19.5 Å². The zero-order valence-corrected chi connectivity index (χ0v) is 23.2. The summed E-state index contributed by atoms with van der Waals surface area (Å²) in [5, 5.41) is 3.93. The molecule has 9 aromatic rings. The van der Waals surface area contributed by atoms with Gasteiger partial charge < -0.3 is 8.98 Å². The molecule has 0 saturated heterocycles. The van der Waals surface area contributed by atoms with Crippen molar-refractivity contribution in [2.75, 3.05) is 0 Å². The van der Waals surface area contributed by atoms with Crippen LogP contribution in [0.5, 0.6) is 0 Å². The van der Waals surface area contributed by atoms with Gasteiger partial charge in [-0.2, -0.15) is 0 Å². The van der Waals surface area contributed by atoms with Crippen LogP contribution in [0.2, 0.25) is 0 Å². The Hall–Kier alpha value is -6.07. The fourth-order valence-corrected chi connectivity index (χ4v) is 6.06. The first-order valence-electron chi connectivity index (χ1n) is 16.7. The predicted octanol–water partition coefficient (Wildman–Crippen LogP) is 9.87. The second-order valence-electron chi connectivity index (χ2n) is 10.5. The van der Waals surface area contributed by atoms with Gasteiger partial charge in [-0.3, -0.25) is 0 Å². The highest BCUT2D eigenvalue weighted by molar-refractivity contribution is 6.15. The van der Waals surface area contributed by atoms with Crippen LogP contribution >= 0.6 is 0 Å². The van der Waals surface area contributed by atoms with E-state index in [0.29, 0.717) is 28.1 Å². The first kappa shape index (κ1) is 19.9. The number of hydrogen-bond acceptors (Lipinski definition) is 4. The van der Waals surface area contributed by atoms with E-state index in [2.05, 4.69) is 39.9 Å². The fourth-order valence-electron chi connectivity index (χ4n) is 6.06. The van der Waals surface area contributed by atoms with Gasteiger partial charge >= 0.3 is 0 Å². The van der Waals surface area contributed by atoms with E-state index >= 15 is 0 Å². The molecule has 0 fully saturated rings. The third-order valence-corrected chi connectivity index (χ3v) is 7.95. The number of fused-ring (bicyclic) bond motifs is 6. The topological polar surface area (TPSA) is 56.7 Å². The summed E-state index contributed by atoms with van der Waals surface area (Å²) in [6, 6.07) is 35.6. The van der Waals surface area contributed by atoms with Crippen LogP contribution in [-0.2, 0) is 0 Å². The molecular formula is C39H24N4O. The van der Waals surface area contributed by atoms with E-state index in [4.69, 9.17) is 21.2 Å². The quantitative estimate of drug-likeness (QED) is 0.212. The first-order chi connectivity index (χ1) is 23.9. The molecule has 0 bridgehead atoms. The number of hydrogen-bond donors (Lipinski definition) is 0. The lowest BCUT2D eigenvalue weighted by molar-refractivity contribution is 0.666. The smallest absolute Gasteiger partial charge is 0.164 e. The van der Waals surface area contributed by atoms with Crippen molar-refractivity contribution in [1.82, 2.24) is 19.5 Å². The second kappa shape index (κ2) is 9.75. The van der Waals surface area contributed by atoms with Gasteiger partial charge in [-0.1, -0.05) is 121 Å². The van der Waals surface area contributed by atoms with Gasteiger partial charge in [-0.25, -0.2) is 15.0 Å². The molecule has 0 radical (unpaired) electrons. The van der Waals surface area contributed by atoms with Gasteiger partial charge in [0.1, 0.15) is 5.58 Å². The lowest BCUT2D eigenvalue weighted by atomic mass is 10.0. The third kappa shape index (κ3) is 3.76. The van der Waals surface area contributed by atoms with Crippen LogP contribution in [0.3, 0.4) is 0 Å². The highest BCUT2D eigenvalue weighted by Crippen LogP contribution is 2.41. The molecule has 0 aliphatic rings. The number of aromatic nitrogens is 4. The van der Waals surface area contributed by atoms with E-state index in [1.165, 1.54) is 0 Å². The van der Waals surface area contributed by atoms with Crippen molar-refractivity contribution >= 4 is 43.7 Å². The minimum Gasteiger partial charge on any atom is -0.454 e. The molecule has 206 valence electrons. The number of nitrogens with zero attached hydrogens (tertiary/aromatic N) is 4. The van der Waals surface area contributed by atoms with Gasteiger partial charge in [0.25, 0.3) is 0 Å². The Balaban J connectivity index is 1.33. The standard InChI is InChI=1S/C39H24N4O/c1-3-13-25(14-4-1)37-40-38(26-15-5-2-6-16-26)42-39(41-37)30-20-12-24-34-35(30)29-19-11-23-33(36(29)44-34)43-31-21-9-7-17-27(31)28-18-8-10-22-32(28)43/h1-24H/i1D,3D,4D,13D,14D. The average molecular weight is 570 g/mol. The Morgan fingerprint density at radius 3 is 1.89 bits per heavy atom. The lowest BCUT2D eigenvalue weighted by Crippen LogP contribution is -2.00. The van der Waals surface area contributed by atoms with Gasteiger partial charge in [0.15, 0.2) is 23.1 Å². The van der Waals surface area contributed by atoms with E-state index in [9.17, 15) is 0 Å². The molecular weight excluding hydrogens is 540 g/mol. The largest absolute Gasteiger partial charge is 0.454 e. The Labute approximate surface area is 259 Å². The van der Waals surface area contributed by atoms with Crippen molar-refractivity contribution in [3.63, 3.8) is 0 Å². The molecule has 3 aromatic heterocycles. The maximum atomic E-state index is 8.65. The molecule has 0 aliphatic carbocycles. The normalized spacial score (nSPS) is 13.2. The molecule has 0 amide bonds. The van der Waals surface area contributed by atoms with E-state index in [1.807, 2.05) is 84.9 Å². The fraction of sp³-hybridized carbons (Fsp3) is 0. The van der Waals surface area contributed by atoms with Crippen molar-refractivity contribution in [2.24, 2.45) is 0 Å². The Bertz CT molecular complexity index is 2710. The highest BCUT2D eigenvalue weighted by Gasteiger charge is 2.21. The SMILES string of the molecule is [2H]c1c([2H])c([2H])c(-c2nc(-c3ccccc3)nc(-c3cccc4oc5c(-n6c7ccccc7c7ccccc76)cccc5c34)n2)c([2H])c1[2H]. The van der Waals surface area contributed by atoms with E-state index in [1.54, 1.807) is 0 Å². The number of benzene rings is 6. The summed E-state index contributed by atoms with van der Waals surface area (Å²) in [6.45, 7) is 0. The Morgan fingerprint density at radius 1 is 0.523 bits per heavy atom. The Kier molecular flexibility index (Phi) is 4.42. The summed E-state index contributed by atoms with van der Waals surface area (Å²) < 4.78 is 50.9. The number of rotatable bonds is 4. The van der Waals surface area contributed by atoms with Gasteiger partial charge in [-0.15, -0.1) is 0 Å². The monoisotopic (exact) mass is 569 g/mol. The third-order valence-electron chi connectivity index (χ3n) is 7.95. The Morgan fingerprint density at radius 2 is 1.14 bits per heavy atom. The number of para-hydroxylation sites is 3.